The van der Waals surface area contributed by atoms with Gasteiger partial charge in [-0.1, -0.05) is 0 Å². The van der Waals surface area contributed by atoms with Crippen LogP contribution in [0.1, 0.15) is 38.5 Å². The lowest BCUT2D eigenvalue weighted by Gasteiger charge is -2.39. The molecule has 3 amide bonds. The van der Waals surface area contributed by atoms with Crippen LogP contribution in [0.5, 0.6) is 0 Å². The number of hydrogen-bond acceptors (Lipinski definition) is 5. The van der Waals surface area contributed by atoms with Crippen molar-refractivity contribution in [3.8, 4) is 0 Å². The number of nitrogens with one attached hydrogen (secondary N) is 4. The number of aromatic amines is 1. The number of H-pyrrole nitrogens is 1. The quantitative estimate of drug-likeness (QED) is 0.415. The summed E-state index contributed by atoms with van der Waals surface area (Å²) in [6.45, 7) is 0.197. The van der Waals surface area contributed by atoms with Crippen molar-refractivity contribution in [1.29, 1.82) is 0 Å². The zero-order valence-corrected chi connectivity index (χ0v) is 18.2. The number of fused-ring (bicyclic) bond motifs is 2. The smallest absolute Gasteiger partial charge is 0.290 e. The molecular formula is C23H27N5O5. The molecule has 1 aliphatic heterocycles. The number of hydrogen-bond donors (Lipinski definition) is 4. The third-order valence-electron chi connectivity index (χ3n) is 7.33. The first-order chi connectivity index (χ1) is 15.8. The van der Waals surface area contributed by atoms with E-state index in [9.17, 15) is 24.0 Å². The lowest BCUT2D eigenvalue weighted by Crippen LogP contribution is -2.57. The molecule has 1 saturated heterocycles. The Morgan fingerprint density at radius 1 is 1.18 bits per heavy atom. The van der Waals surface area contributed by atoms with Crippen molar-refractivity contribution in [2.24, 2.45) is 11.8 Å². The van der Waals surface area contributed by atoms with Crippen LogP contribution in [0, 0.1) is 11.8 Å². The molecule has 4 fully saturated rings. The maximum Gasteiger partial charge on any atom is 0.290 e. The molecule has 6 rings (SSSR count). The average molecular weight is 453 g/mol. The van der Waals surface area contributed by atoms with Crippen molar-refractivity contribution in [2.45, 2.75) is 56.7 Å². The highest BCUT2D eigenvalue weighted by atomic mass is 16.2. The Balaban J connectivity index is 1.29. The van der Waals surface area contributed by atoms with E-state index in [0.29, 0.717) is 24.4 Å². The molecule has 0 radical (unpaired) electrons. The molecule has 3 saturated carbocycles. The van der Waals surface area contributed by atoms with Crippen molar-refractivity contribution < 1.29 is 19.2 Å². The summed E-state index contributed by atoms with van der Waals surface area (Å²) >= 11 is 0. The van der Waals surface area contributed by atoms with E-state index < -0.39 is 29.6 Å². The molecule has 4 N–H and O–H groups in total. The van der Waals surface area contributed by atoms with Gasteiger partial charge in [-0.3, -0.25) is 24.0 Å². The Kier molecular flexibility index (Phi) is 5.30. The summed E-state index contributed by atoms with van der Waals surface area (Å²) in [6.07, 6.45) is 7.43. The average Bonchev–Trinajstić information content (AvgIpc) is 3.54. The molecule has 0 aromatic carbocycles. The van der Waals surface area contributed by atoms with Crippen LogP contribution in [-0.4, -0.2) is 51.2 Å². The van der Waals surface area contributed by atoms with E-state index in [-0.39, 0.29) is 30.0 Å². The van der Waals surface area contributed by atoms with Crippen LogP contribution < -0.4 is 21.5 Å². The zero-order valence-electron chi connectivity index (χ0n) is 18.2. The molecule has 10 nitrogen and oxygen atoms in total. The predicted molar refractivity (Wildman–Crippen MR) is 118 cm³/mol. The number of aromatic nitrogens is 2. The summed E-state index contributed by atoms with van der Waals surface area (Å²) in [6, 6.07) is 2.34. The minimum atomic E-state index is -1.13. The number of ketones is 1. The Morgan fingerprint density at radius 2 is 2.00 bits per heavy atom. The van der Waals surface area contributed by atoms with Gasteiger partial charge in [0.05, 0.1) is 6.04 Å². The van der Waals surface area contributed by atoms with Gasteiger partial charge < -0.3 is 25.5 Å². The first-order valence-corrected chi connectivity index (χ1v) is 11.4. The van der Waals surface area contributed by atoms with Gasteiger partial charge in [0, 0.05) is 35.8 Å². The van der Waals surface area contributed by atoms with E-state index in [1.54, 1.807) is 18.3 Å². The van der Waals surface area contributed by atoms with Crippen LogP contribution in [0.25, 0.3) is 10.9 Å². The number of amides is 3. The summed E-state index contributed by atoms with van der Waals surface area (Å²) in [5.41, 5.74) is -0.270. The van der Waals surface area contributed by atoms with Crippen molar-refractivity contribution in [2.75, 3.05) is 6.54 Å². The molecular weight excluding hydrogens is 426 g/mol. The fourth-order valence-electron chi connectivity index (χ4n) is 5.55. The Labute approximate surface area is 189 Å². The van der Waals surface area contributed by atoms with Gasteiger partial charge in [-0.2, -0.15) is 0 Å². The molecule has 2 bridgehead atoms. The van der Waals surface area contributed by atoms with E-state index in [4.69, 9.17) is 0 Å². The van der Waals surface area contributed by atoms with Gasteiger partial charge in [0.2, 0.25) is 17.6 Å². The largest absolute Gasteiger partial charge is 0.357 e. The van der Waals surface area contributed by atoms with Crippen LogP contribution in [0.15, 0.2) is 29.3 Å². The Bertz CT molecular complexity index is 1190. The van der Waals surface area contributed by atoms with Crippen molar-refractivity contribution in [3.63, 3.8) is 0 Å². The van der Waals surface area contributed by atoms with Crippen LogP contribution in [0.3, 0.4) is 0 Å². The Morgan fingerprint density at radius 3 is 2.70 bits per heavy atom. The lowest BCUT2D eigenvalue weighted by molar-refractivity contribution is -0.142. The highest BCUT2D eigenvalue weighted by Gasteiger charge is 2.52. The minimum absolute atomic E-state index is 0.0456. The van der Waals surface area contributed by atoms with E-state index in [0.717, 1.165) is 31.1 Å². The standard InChI is InChI=1S/C23H27N5O5/c29-17(12-28-8-4-14-2-6-24-18(14)22(28)33)26-16(9-15-3-7-25-20(15)31)19(30)21(32)27-23-5-1-13(10-23)11-23/h2,4,6,8,13,15-16,24H,1,3,5,7,9-12H2,(H,25,31)(H,26,29)(H,27,32). The van der Waals surface area contributed by atoms with Gasteiger partial charge >= 0.3 is 0 Å². The number of pyridine rings is 1. The molecule has 2 aromatic heterocycles. The summed E-state index contributed by atoms with van der Waals surface area (Å²) in [7, 11) is 0. The van der Waals surface area contributed by atoms with E-state index in [1.165, 1.54) is 10.8 Å². The van der Waals surface area contributed by atoms with Gasteiger partial charge in [-0.15, -0.1) is 0 Å². The molecule has 4 aliphatic rings. The third kappa shape index (κ3) is 4.05. The summed E-state index contributed by atoms with van der Waals surface area (Å²) in [5, 5.41) is 8.95. The van der Waals surface area contributed by atoms with E-state index >= 15 is 0 Å². The monoisotopic (exact) mass is 453 g/mol. The Hall–Kier alpha value is -3.43. The SMILES string of the molecule is O=C(Cn1ccc2cc[nH]c2c1=O)NC(CC1CCNC1=O)C(=O)C(=O)NC12CCC(C1)C2. The second-order valence-corrected chi connectivity index (χ2v) is 9.60. The molecule has 3 heterocycles. The third-order valence-corrected chi connectivity index (χ3v) is 7.33. The summed E-state index contributed by atoms with van der Waals surface area (Å²) in [4.78, 5) is 66.1. The van der Waals surface area contributed by atoms with Crippen LogP contribution in [-0.2, 0) is 25.7 Å². The number of rotatable bonds is 8. The van der Waals surface area contributed by atoms with E-state index in [1.807, 2.05) is 0 Å². The lowest BCUT2D eigenvalue weighted by atomic mass is 9.77. The highest BCUT2D eigenvalue weighted by Crippen LogP contribution is 2.51. The molecule has 174 valence electrons. The maximum absolute atomic E-state index is 13.0. The normalized spacial score (nSPS) is 26.5. The summed E-state index contributed by atoms with van der Waals surface area (Å²) < 4.78 is 1.24. The number of carbonyl (C=O) groups is 4. The second-order valence-electron chi connectivity index (χ2n) is 9.60. The van der Waals surface area contributed by atoms with Crippen LogP contribution in [0.2, 0.25) is 0 Å². The molecule has 2 atom stereocenters. The molecule has 2 unspecified atom stereocenters. The van der Waals surface area contributed by atoms with Gasteiger partial charge in [-0.05, 0) is 56.6 Å². The van der Waals surface area contributed by atoms with Crippen LogP contribution in [0.4, 0.5) is 0 Å². The van der Waals surface area contributed by atoms with Crippen molar-refractivity contribution in [3.05, 3.63) is 34.9 Å². The van der Waals surface area contributed by atoms with Crippen molar-refractivity contribution in [1.82, 2.24) is 25.5 Å². The predicted octanol–water partition coefficient (Wildman–Crippen LogP) is -0.0315. The first kappa shape index (κ1) is 21.4. The maximum atomic E-state index is 13.0. The second kappa shape index (κ2) is 8.17. The molecule has 0 spiro atoms. The number of carbonyl (C=O) groups excluding carboxylic acids is 4. The van der Waals surface area contributed by atoms with E-state index in [2.05, 4.69) is 20.9 Å². The first-order valence-electron chi connectivity index (χ1n) is 11.4. The van der Waals surface area contributed by atoms with Gasteiger partial charge in [-0.25, -0.2) is 0 Å². The number of nitrogens with zero attached hydrogens (tertiary/aromatic N) is 1. The molecule has 3 aliphatic carbocycles. The molecule has 33 heavy (non-hydrogen) atoms. The van der Waals surface area contributed by atoms with Crippen molar-refractivity contribution >= 4 is 34.4 Å². The van der Waals surface area contributed by atoms with Gasteiger partial charge in [0.1, 0.15) is 12.1 Å². The highest BCUT2D eigenvalue weighted by molar-refractivity contribution is 6.38. The van der Waals surface area contributed by atoms with Crippen LogP contribution >= 0.6 is 0 Å². The van der Waals surface area contributed by atoms with Gasteiger partial charge in [0.25, 0.3) is 11.5 Å². The fourth-order valence-corrected chi connectivity index (χ4v) is 5.55. The van der Waals surface area contributed by atoms with Gasteiger partial charge in [0.15, 0.2) is 0 Å². The topological polar surface area (TPSA) is 142 Å². The minimum Gasteiger partial charge on any atom is -0.357 e. The molecule has 10 heteroatoms. The summed E-state index contributed by atoms with van der Waals surface area (Å²) in [5.74, 6) is -2.07. The number of Topliss-reactive ketones (excluding diaryl/α,β-unsaturated/α-hetero) is 1. The zero-order chi connectivity index (χ0) is 23.2. The fraction of sp³-hybridized carbons (Fsp3) is 0.522. The molecule has 2 aromatic rings.